The van der Waals surface area contributed by atoms with Gasteiger partial charge >= 0.3 is 0 Å². The number of aromatic nitrogens is 3. The number of fused-ring (bicyclic) bond motifs is 1. The van der Waals surface area contributed by atoms with Crippen LogP contribution in [0, 0.1) is 5.92 Å². The van der Waals surface area contributed by atoms with E-state index < -0.39 is 0 Å². The quantitative estimate of drug-likeness (QED) is 0.876. The number of nitrogens with zero attached hydrogens (tertiary/aromatic N) is 3. The van der Waals surface area contributed by atoms with Crippen LogP contribution < -0.4 is 10.9 Å². The lowest BCUT2D eigenvalue weighted by Crippen LogP contribution is -2.36. The van der Waals surface area contributed by atoms with E-state index in [4.69, 9.17) is 4.74 Å². The third-order valence-electron chi connectivity index (χ3n) is 5.33. The van der Waals surface area contributed by atoms with Gasteiger partial charge in [-0.25, -0.2) is 0 Å². The number of rotatable bonds is 3. The molecule has 1 aromatic rings. The summed E-state index contributed by atoms with van der Waals surface area (Å²) in [4.78, 5) is 0. The van der Waals surface area contributed by atoms with Crippen molar-refractivity contribution in [2.45, 2.75) is 63.1 Å². The van der Waals surface area contributed by atoms with Gasteiger partial charge in [0.05, 0.1) is 18.8 Å². The van der Waals surface area contributed by atoms with Gasteiger partial charge in [0.1, 0.15) is 0 Å². The van der Waals surface area contributed by atoms with Crippen LogP contribution in [-0.2, 0) is 11.3 Å². The van der Waals surface area contributed by atoms with Crippen molar-refractivity contribution >= 4 is 0 Å². The fraction of sp³-hybridized carbons (Fsp3) is 0.867. The standard InChI is InChI=1S/C15H25N5O/c1-2-4-12-13(5-3-1)16-17-15(12)9-20-8-14(18-19-20)11-6-7-21-10-11/h8,11-13,15-17H,1-7,9-10H2. The molecule has 0 spiro atoms. The Morgan fingerprint density at radius 2 is 2.14 bits per heavy atom. The molecule has 1 saturated carbocycles. The highest BCUT2D eigenvalue weighted by Crippen LogP contribution is 2.30. The maximum absolute atomic E-state index is 5.44. The first kappa shape index (κ1) is 13.7. The van der Waals surface area contributed by atoms with Gasteiger partial charge < -0.3 is 4.74 Å². The van der Waals surface area contributed by atoms with Gasteiger partial charge in [0.15, 0.2) is 0 Å². The highest BCUT2D eigenvalue weighted by atomic mass is 16.5. The van der Waals surface area contributed by atoms with Crippen molar-refractivity contribution in [2.24, 2.45) is 5.92 Å². The molecule has 2 aliphatic heterocycles. The van der Waals surface area contributed by atoms with E-state index >= 15 is 0 Å². The minimum Gasteiger partial charge on any atom is -0.381 e. The molecule has 0 radical (unpaired) electrons. The molecule has 21 heavy (non-hydrogen) atoms. The molecule has 0 bridgehead atoms. The third kappa shape index (κ3) is 2.84. The van der Waals surface area contributed by atoms with Gasteiger partial charge in [0.2, 0.25) is 0 Å². The van der Waals surface area contributed by atoms with Crippen molar-refractivity contribution in [1.29, 1.82) is 0 Å². The van der Waals surface area contributed by atoms with Gasteiger partial charge in [-0.3, -0.25) is 15.5 Å². The fourth-order valence-corrected chi connectivity index (χ4v) is 4.06. The first-order valence-electron chi connectivity index (χ1n) is 8.39. The van der Waals surface area contributed by atoms with Crippen molar-refractivity contribution in [3.05, 3.63) is 11.9 Å². The van der Waals surface area contributed by atoms with Crippen LogP contribution >= 0.6 is 0 Å². The van der Waals surface area contributed by atoms with Crippen molar-refractivity contribution in [1.82, 2.24) is 25.8 Å². The third-order valence-corrected chi connectivity index (χ3v) is 5.33. The van der Waals surface area contributed by atoms with Crippen LogP contribution in [0.15, 0.2) is 6.20 Å². The Balaban J connectivity index is 1.41. The molecule has 116 valence electrons. The van der Waals surface area contributed by atoms with Crippen LogP contribution in [0.1, 0.15) is 50.1 Å². The largest absolute Gasteiger partial charge is 0.381 e. The molecule has 4 atom stereocenters. The molecular weight excluding hydrogens is 266 g/mol. The summed E-state index contributed by atoms with van der Waals surface area (Å²) in [7, 11) is 0. The molecule has 3 aliphatic rings. The predicted octanol–water partition coefficient (Wildman–Crippen LogP) is 1.21. The lowest BCUT2D eigenvalue weighted by Gasteiger charge is -2.20. The van der Waals surface area contributed by atoms with Crippen LogP contribution in [0.5, 0.6) is 0 Å². The molecule has 3 fully saturated rings. The molecule has 6 heteroatoms. The summed E-state index contributed by atoms with van der Waals surface area (Å²) >= 11 is 0. The van der Waals surface area contributed by atoms with E-state index in [2.05, 4.69) is 27.4 Å². The zero-order valence-corrected chi connectivity index (χ0v) is 12.5. The zero-order chi connectivity index (χ0) is 14.1. The first-order valence-corrected chi connectivity index (χ1v) is 8.39. The molecule has 3 heterocycles. The molecule has 4 rings (SSSR count). The Kier molecular flexibility index (Phi) is 3.92. The highest BCUT2D eigenvalue weighted by molar-refractivity contribution is 5.04. The van der Waals surface area contributed by atoms with Gasteiger partial charge in [0, 0.05) is 30.8 Å². The Morgan fingerprint density at radius 3 is 3.05 bits per heavy atom. The molecule has 4 unspecified atom stereocenters. The summed E-state index contributed by atoms with van der Waals surface area (Å²) < 4.78 is 7.45. The maximum atomic E-state index is 5.44. The number of hydrazine groups is 1. The fourth-order valence-electron chi connectivity index (χ4n) is 4.06. The second-order valence-corrected chi connectivity index (χ2v) is 6.73. The number of ether oxygens (including phenoxy) is 1. The molecule has 1 aliphatic carbocycles. The van der Waals surface area contributed by atoms with Gasteiger partial charge in [-0.2, -0.15) is 0 Å². The monoisotopic (exact) mass is 291 g/mol. The average molecular weight is 291 g/mol. The van der Waals surface area contributed by atoms with E-state index in [1.165, 1.54) is 32.1 Å². The SMILES string of the molecule is c1c(C2CCOC2)nnn1CC1NNC2CCCCCC21. The molecule has 0 aromatic carbocycles. The van der Waals surface area contributed by atoms with Crippen molar-refractivity contribution < 1.29 is 4.74 Å². The van der Waals surface area contributed by atoms with Gasteiger partial charge in [-0.1, -0.05) is 24.5 Å². The molecule has 6 nitrogen and oxygen atoms in total. The van der Waals surface area contributed by atoms with Crippen molar-refractivity contribution in [3.8, 4) is 0 Å². The Hall–Kier alpha value is -0.980. The smallest absolute Gasteiger partial charge is 0.0881 e. The summed E-state index contributed by atoms with van der Waals surface area (Å²) in [5.74, 6) is 1.18. The minimum absolute atomic E-state index is 0.444. The molecular formula is C15H25N5O. The Labute approximate surface area is 125 Å². The lowest BCUT2D eigenvalue weighted by molar-refractivity contribution is 0.193. The number of hydrogen-bond acceptors (Lipinski definition) is 5. The van der Waals surface area contributed by atoms with Crippen LogP contribution in [0.25, 0.3) is 0 Å². The van der Waals surface area contributed by atoms with E-state index in [-0.39, 0.29) is 0 Å². The molecule has 2 saturated heterocycles. The van der Waals surface area contributed by atoms with E-state index in [0.717, 1.165) is 37.8 Å². The normalized spacial score (nSPS) is 36.6. The second-order valence-electron chi connectivity index (χ2n) is 6.73. The summed E-state index contributed by atoms with van der Waals surface area (Å²) in [6, 6.07) is 1.12. The Bertz CT molecular complexity index is 470. The first-order chi connectivity index (χ1) is 10.4. The average Bonchev–Trinajstić information content (AvgIpc) is 3.19. The predicted molar refractivity (Wildman–Crippen MR) is 78.6 cm³/mol. The lowest BCUT2D eigenvalue weighted by atomic mass is 9.90. The van der Waals surface area contributed by atoms with Gasteiger partial charge in [-0.05, 0) is 25.2 Å². The minimum atomic E-state index is 0.444. The van der Waals surface area contributed by atoms with Crippen molar-refractivity contribution in [3.63, 3.8) is 0 Å². The second kappa shape index (κ2) is 6.02. The number of hydrogen-bond donors (Lipinski definition) is 2. The van der Waals surface area contributed by atoms with Crippen LogP contribution in [-0.4, -0.2) is 40.3 Å². The van der Waals surface area contributed by atoms with Gasteiger partial charge in [0.25, 0.3) is 0 Å². The molecule has 0 amide bonds. The molecule has 2 N–H and O–H groups in total. The Morgan fingerprint density at radius 1 is 1.19 bits per heavy atom. The summed E-state index contributed by atoms with van der Waals surface area (Å²) in [5.41, 5.74) is 8.08. The zero-order valence-electron chi connectivity index (χ0n) is 12.5. The topological polar surface area (TPSA) is 64.0 Å². The summed E-state index contributed by atoms with van der Waals surface area (Å²) in [6.07, 6.45) is 9.93. The highest BCUT2D eigenvalue weighted by Gasteiger charge is 2.36. The summed E-state index contributed by atoms with van der Waals surface area (Å²) in [5, 5.41) is 8.68. The van der Waals surface area contributed by atoms with E-state index in [1.54, 1.807) is 0 Å². The van der Waals surface area contributed by atoms with Gasteiger partial charge in [-0.15, -0.1) is 5.10 Å². The van der Waals surface area contributed by atoms with Crippen LogP contribution in [0.4, 0.5) is 0 Å². The summed E-state index contributed by atoms with van der Waals surface area (Å²) in [6.45, 7) is 2.57. The van der Waals surface area contributed by atoms with Crippen LogP contribution in [0.3, 0.4) is 0 Å². The van der Waals surface area contributed by atoms with E-state index in [0.29, 0.717) is 18.0 Å². The molecule has 1 aromatic heterocycles. The van der Waals surface area contributed by atoms with Crippen LogP contribution in [0.2, 0.25) is 0 Å². The number of nitrogens with one attached hydrogen (secondary N) is 2. The van der Waals surface area contributed by atoms with E-state index in [9.17, 15) is 0 Å². The van der Waals surface area contributed by atoms with E-state index in [1.807, 2.05) is 4.68 Å². The maximum Gasteiger partial charge on any atom is 0.0881 e. The van der Waals surface area contributed by atoms with Crippen molar-refractivity contribution in [2.75, 3.05) is 13.2 Å².